The molecular weight excluding hydrogens is 240 g/mol. The number of nitrogens with zero attached hydrogens (tertiary/aromatic N) is 1. The van der Waals surface area contributed by atoms with Gasteiger partial charge < -0.3 is 20.1 Å². The van der Waals surface area contributed by atoms with Gasteiger partial charge in [0.15, 0.2) is 0 Å². The van der Waals surface area contributed by atoms with Crippen LogP contribution in [0.2, 0.25) is 0 Å². The van der Waals surface area contributed by atoms with Crippen LogP contribution < -0.4 is 5.32 Å². The molecule has 0 saturated carbocycles. The van der Waals surface area contributed by atoms with Gasteiger partial charge in [-0.3, -0.25) is 0 Å². The molecule has 3 unspecified atom stereocenters. The van der Waals surface area contributed by atoms with Gasteiger partial charge in [0.05, 0.1) is 12.7 Å². The number of ether oxygens (including phenoxy) is 1. The van der Waals surface area contributed by atoms with Crippen molar-refractivity contribution in [3.8, 4) is 0 Å². The predicted molar refractivity (Wildman–Crippen MR) is 79.5 cm³/mol. The van der Waals surface area contributed by atoms with Crippen molar-refractivity contribution in [1.82, 2.24) is 10.2 Å². The lowest BCUT2D eigenvalue weighted by Gasteiger charge is -2.33. The summed E-state index contributed by atoms with van der Waals surface area (Å²) in [6.45, 7) is 9.52. The van der Waals surface area contributed by atoms with Gasteiger partial charge in [0, 0.05) is 18.2 Å². The lowest BCUT2D eigenvalue weighted by atomic mass is 9.91. The quantitative estimate of drug-likeness (QED) is 0.669. The molecule has 0 aromatic rings. The van der Waals surface area contributed by atoms with Crippen molar-refractivity contribution >= 4 is 0 Å². The van der Waals surface area contributed by atoms with Gasteiger partial charge in [0.1, 0.15) is 0 Å². The molecule has 4 nitrogen and oxygen atoms in total. The highest BCUT2D eigenvalue weighted by atomic mass is 16.5. The topological polar surface area (TPSA) is 44.7 Å². The largest absolute Gasteiger partial charge is 0.394 e. The second-order valence-electron chi connectivity index (χ2n) is 5.84. The minimum Gasteiger partial charge on any atom is -0.394 e. The molecule has 1 rings (SSSR count). The highest BCUT2D eigenvalue weighted by Gasteiger charge is 2.29. The van der Waals surface area contributed by atoms with Crippen molar-refractivity contribution in [3.05, 3.63) is 0 Å². The second-order valence-corrected chi connectivity index (χ2v) is 5.84. The molecule has 1 aliphatic rings. The summed E-state index contributed by atoms with van der Waals surface area (Å²) in [6, 6.07) is 0.560. The Morgan fingerprint density at radius 2 is 2.16 bits per heavy atom. The second kappa shape index (κ2) is 8.20. The molecule has 1 saturated heterocycles. The number of likely N-dealkylation sites (N-methyl/N-ethyl adjacent to an activating group) is 2. The van der Waals surface area contributed by atoms with Gasteiger partial charge >= 0.3 is 0 Å². The molecule has 0 radical (unpaired) electrons. The standard InChI is InChI=1S/C15H32N2O2/c1-5-15(12-18,16-6-2)9-7-10-17(4)14-8-11-19-13(14)3/h13-14,16,18H,5-12H2,1-4H3. The molecule has 0 spiro atoms. The average molecular weight is 272 g/mol. The Morgan fingerprint density at radius 3 is 2.63 bits per heavy atom. The van der Waals surface area contributed by atoms with Gasteiger partial charge in [-0.15, -0.1) is 0 Å². The molecule has 0 aromatic heterocycles. The van der Waals surface area contributed by atoms with Crippen molar-refractivity contribution in [1.29, 1.82) is 0 Å². The van der Waals surface area contributed by atoms with E-state index < -0.39 is 0 Å². The van der Waals surface area contributed by atoms with E-state index in [1.165, 1.54) is 0 Å². The maximum atomic E-state index is 9.63. The van der Waals surface area contributed by atoms with Crippen molar-refractivity contribution in [3.63, 3.8) is 0 Å². The zero-order valence-corrected chi connectivity index (χ0v) is 13.1. The van der Waals surface area contributed by atoms with Crippen LogP contribution in [0, 0.1) is 0 Å². The first-order valence-corrected chi connectivity index (χ1v) is 7.76. The monoisotopic (exact) mass is 272 g/mol. The minimum atomic E-state index is -0.0899. The maximum absolute atomic E-state index is 9.63. The van der Waals surface area contributed by atoms with E-state index in [0.717, 1.165) is 45.4 Å². The Labute approximate surface area is 118 Å². The van der Waals surface area contributed by atoms with Gasteiger partial charge in [-0.1, -0.05) is 13.8 Å². The first-order valence-electron chi connectivity index (χ1n) is 7.76. The van der Waals surface area contributed by atoms with E-state index in [1.54, 1.807) is 0 Å². The Hall–Kier alpha value is -0.160. The van der Waals surface area contributed by atoms with Gasteiger partial charge in [0.25, 0.3) is 0 Å². The molecule has 3 atom stereocenters. The third-order valence-electron chi connectivity index (χ3n) is 4.60. The van der Waals surface area contributed by atoms with Crippen LogP contribution >= 0.6 is 0 Å². The highest BCUT2D eigenvalue weighted by Crippen LogP contribution is 2.21. The van der Waals surface area contributed by atoms with Crippen molar-refractivity contribution in [2.45, 2.75) is 64.1 Å². The summed E-state index contributed by atoms with van der Waals surface area (Å²) in [7, 11) is 2.19. The zero-order valence-electron chi connectivity index (χ0n) is 13.1. The van der Waals surface area contributed by atoms with E-state index in [-0.39, 0.29) is 12.1 Å². The SMILES string of the molecule is CCNC(CC)(CO)CCCN(C)C1CCOC1C. The van der Waals surface area contributed by atoms with Gasteiger partial charge in [-0.05, 0) is 52.7 Å². The summed E-state index contributed by atoms with van der Waals surface area (Å²) in [4.78, 5) is 2.42. The highest BCUT2D eigenvalue weighted by molar-refractivity contribution is 4.87. The van der Waals surface area contributed by atoms with Crippen LogP contribution in [-0.4, -0.2) is 61.0 Å². The smallest absolute Gasteiger partial charge is 0.0702 e. The molecule has 0 bridgehead atoms. The molecule has 1 aliphatic heterocycles. The Morgan fingerprint density at radius 1 is 1.42 bits per heavy atom. The van der Waals surface area contributed by atoms with E-state index in [0.29, 0.717) is 12.1 Å². The lowest BCUT2D eigenvalue weighted by Crippen LogP contribution is -2.48. The normalized spacial score (nSPS) is 26.8. The summed E-state index contributed by atoms with van der Waals surface area (Å²) in [5, 5.41) is 13.1. The number of hydrogen-bond donors (Lipinski definition) is 2. The first kappa shape index (κ1) is 16.9. The third kappa shape index (κ3) is 4.71. The van der Waals surface area contributed by atoms with E-state index in [1.807, 2.05) is 0 Å². The van der Waals surface area contributed by atoms with Crippen molar-refractivity contribution in [2.75, 3.05) is 33.4 Å². The molecule has 1 fully saturated rings. The predicted octanol–water partition coefficient (Wildman–Crippen LogP) is 1.63. The number of aliphatic hydroxyl groups excluding tert-OH is 1. The molecule has 0 aromatic carbocycles. The molecule has 0 amide bonds. The third-order valence-corrected chi connectivity index (χ3v) is 4.60. The van der Waals surface area contributed by atoms with Crippen LogP contribution in [0.15, 0.2) is 0 Å². The van der Waals surface area contributed by atoms with Gasteiger partial charge in [-0.25, -0.2) is 0 Å². The van der Waals surface area contributed by atoms with Crippen LogP contribution in [0.4, 0.5) is 0 Å². The van der Waals surface area contributed by atoms with Gasteiger partial charge in [-0.2, -0.15) is 0 Å². The number of nitrogens with one attached hydrogen (secondary N) is 1. The van der Waals surface area contributed by atoms with E-state index in [2.05, 4.69) is 38.0 Å². The zero-order chi connectivity index (χ0) is 14.3. The molecule has 19 heavy (non-hydrogen) atoms. The van der Waals surface area contributed by atoms with Crippen LogP contribution in [0.3, 0.4) is 0 Å². The summed E-state index contributed by atoms with van der Waals surface area (Å²) < 4.78 is 5.62. The molecule has 1 heterocycles. The number of aliphatic hydroxyl groups is 1. The van der Waals surface area contributed by atoms with E-state index in [9.17, 15) is 5.11 Å². The average Bonchev–Trinajstić information content (AvgIpc) is 2.84. The first-order chi connectivity index (χ1) is 9.08. The fourth-order valence-electron chi connectivity index (χ4n) is 3.14. The fraction of sp³-hybridized carbons (Fsp3) is 1.00. The Bertz CT molecular complexity index is 244. The maximum Gasteiger partial charge on any atom is 0.0702 e. The molecule has 114 valence electrons. The van der Waals surface area contributed by atoms with Crippen LogP contribution in [-0.2, 0) is 4.74 Å². The molecule has 4 heteroatoms. The number of rotatable bonds is 9. The van der Waals surface area contributed by atoms with E-state index in [4.69, 9.17) is 4.74 Å². The molecule has 0 aliphatic carbocycles. The van der Waals surface area contributed by atoms with Gasteiger partial charge in [0.2, 0.25) is 0 Å². The summed E-state index contributed by atoms with van der Waals surface area (Å²) in [5.41, 5.74) is -0.0899. The van der Waals surface area contributed by atoms with E-state index >= 15 is 0 Å². The fourth-order valence-corrected chi connectivity index (χ4v) is 3.14. The molecular formula is C15H32N2O2. The van der Waals surface area contributed by atoms with Crippen LogP contribution in [0.5, 0.6) is 0 Å². The Kier molecular flexibility index (Phi) is 7.29. The van der Waals surface area contributed by atoms with Crippen LogP contribution in [0.25, 0.3) is 0 Å². The lowest BCUT2D eigenvalue weighted by molar-refractivity contribution is 0.0804. The van der Waals surface area contributed by atoms with Crippen molar-refractivity contribution in [2.24, 2.45) is 0 Å². The van der Waals surface area contributed by atoms with Crippen LogP contribution in [0.1, 0.15) is 46.5 Å². The minimum absolute atomic E-state index is 0.0899. The summed E-state index contributed by atoms with van der Waals surface area (Å²) in [6.07, 6.45) is 4.61. The van der Waals surface area contributed by atoms with Crippen molar-refractivity contribution < 1.29 is 9.84 Å². The Balaban J connectivity index is 2.35. The molecule has 2 N–H and O–H groups in total. The number of hydrogen-bond acceptors (Lipinski definition) is 4. The summed E-state index contributed by atoms with van der Waals surface area (Å²) >= 11 is 0. The summed E-state index contributed by atoms with van der Waals surface area (Å²) in [5.74, 6) is 0.